The standard InChI is InChI=1S/C16H25NO/c1-5-18-13-10-12(11-13)17-15-9-7-6-8-14(15)16(2,3)4/h6-9,12-13,17H,5,10-11H2,1-4H3. The van der Waals surface area contributed by atoms with Gasteiger partial charge in [-0.2, -0.15) is 0 Å². The number of hydrogen-bond acceptors (Lipinski definition) is 2. The number of ether oxygens (including phenoxy) is 1. The molecular weight excluding hydrogens is 222 g/mol. The first-order valence-electron chi connectivity index (χ1n) is 6.98. The zero-order valence-electron chi connectivity index (χ0n) is 12.0. The van der Waals surface area contributed by atoms with Crippen molar-refractivity contribution < 1.29 is 4.74 Å². The molecule has 1 fully saturated rings. The molecule has 0 radical (unpaired) electrons. The van der Waals surface area contributed by atoms with Gasteiger partial charge in [-0.05, 0) is 36.8 Å². The first kappa shape index (κ1) is 13.4. The molecule has 0 saturated heterocycles. The number of nitrogens with one attached hydrogen (secondary N) is 1. The quantitative estimate of drug-likeness (QED) is 0.869. The van der Waals surface area contributed by atoms with E-state index >= 15 is 0 Å². The van der Waals surface area contributed by atoms with Gasteiger partial charge in [0.25, 0.3) is 0 Å². The average Bonchev–Trinajstić information content (AvgIpc) is 2.25. The number of hydrogen-bond donors (Lipinski definition) is 1. The molecule has 1 aliphatic carbocycles. The van der Waals surface area contributed by atoms with Crippen molar-refractivity contribution in [3.63, 3.8) is 0 Å². The van der Waals surface area contributed by atoms with Crippen LogP contribution >= 0.6 is 0 Å². The highest BCUT2D eigenvalue weighted by Crippen LogP contribution is 2.33. The highest BCUT2D eigenvalue weighted by atomic mass is 16.5. The van der Waals surface area contributed by atoms with Gasteiger partial charge in [-0.15, -0.1) is 0 Å². The van der Waals surface area contributed by atoms with E-state index in [1.54, 1.807) is 0 Å². The molecule has 2 heteroatoms. The molecule has 2 nitrogen and oxygen atoms in total. The fourth-order valence-electron chi connectivity index (χ4n) is 2.54. The Morgan fingerprint density at radius 3 is 2.50 bits per heavy atom. The van der Waals surface area contributed by atoms with Crippen molar-refractivity contribution >= 4 is 5.69 Å². The Balaban J connectivity index is 1.99. The van der Waals surface area contributed by atoms with Crippen LogP contribution in [0.4, 0.5) is 5.69 Å². The smallest absolute Gasteiger partial charge is 0.0614 e. The van der Waals surface area contributed by atoms with Crippen LogP contribution in [0.5, 0.6) is 0 Å². The highest BCUT2D eigenvalue weighted by molar-refractivity contribution is 5.55. The van der Waals surface area contributed by atoms with Crippen molar-refractivity contribution in [3.8, 4) is 0 Å². The second-order valence-electron chi connectivity index (χ2n) is 6.19. The van der Waals surface area contributed by atoms with E-state index in [4.69, 9.17) is 4.74 Å². The number of benzene rings is 1. The molecular formula is C16H25NO. The van der Waals surface area contributed by atoms with Gasteiger partial charge in [-0.3, -0.25) is 0 Å². The SMILES string of the molecule is CCOC1CC(Nc2ccccc2C(C)(C)C)C1. The molecule has 0 bridgehead atoms. The molecule has 100 valence electrons. The highest BCUT2D eigenvalue weighted by Gasteiger charge is 2.30. The van der Waals surface area contributed by atoms with Crippen molar-refractivity contribution in [1.82, 2.24) is 0 Å². The zero-order valence-corrected chi connectivity index (χ0v) is 12.0. The molecule has 2 rings (SSSR count). The number of rotatable bonds is 4. The van der Waals surface area contributed by atoms with Gasteiger partial charge in [-0.25, -0.2) is 0 Å². The van der Waals surface area contributed by atoms with Crippen LogP contribution in [-0.2, 0) is 10.2 Å². The van der Waals surface area contributed by atoms with Crippen molar-refractivity contribution in [2.45, 2.75) is 58.1 Å². The van der Waals surface area contributed by atoms with Crippen LogP contribution < -0.4 is 5.32 Å². The van der Waals surface area contributed by atoms with Crippen LogP contribution in [0, 0.1) is 0 Å². The average molecular weight is 247 g/mol. The molecule has 0 aliphatic heterocycles. The Hall–Kier alpha value is -1.02. The van der Waals surface area contributed by atoms with E-state index in [1.165, 1.54) is 11.3 Å². The van der Waals surface area contributed by atoms with Gasteiger partial charge >= 0.3 is 0 Å². The molecule has 0 spiro atoms. The molecule has 0 atom stereocenters. The van der Waals surface area contributed by atoms with Gasteiger partial charge < -0.3 is 10.1 Å². The van der Waals surface area contributed by atoms with Crippen molar-refractivity contribution in [1.29, 1.82) is 0 Å². The first-order valence-corrected chi connectivity index (χ1v) is 6.98. The van der Waals surface area contributed by atoms with E-state index in [1.807, 2.05) is 0 Å². The molecule has 0 unspecified atom stereocenters. The summed E-state index contributed by atoms with van der Waals surface area (Å²) in [6.07, 6.45) is 2.73. The second kappa shape index (κ2) is 5.31. The lowest BCUT2D eigenvalue weighted by Crippen LogP contribution is -2.41. The lowest BCUT2D eigenvalue weighted by Gasteiger charge is -2.37. The topological polar surface area (TPSA) is 21.3 Å². The van der Waals surface area contributed by atoms with Crippen molar-refractivity contribution in [2.75, 3.05) is 11.9 Å². The normalized spacial score (nSPS) is 23.6. The molecule has 0 heterocycles. The lowest BCUT2D eigenvalue weighted by molar-refractivity contribution is 0.00297. The summed E-state index contributed by atoms with van der Waals surface area (Å²) in [5.74, 6) is 0. The number of anilines is 1. The third-order valence-corrected chi connectivity index (χ3v) is 3.59. The predicted molar refractivity (Wildman–Crippen MR) is 77.2 cm³/mol. The molecule has 0 amide bonds. The Kier molecular flexibility index (Phi) is 3.96. The minimum absolute atomic E-state index is 0.187. The lowest BCUT2D eigenvalue weighted by atomic mass is 9.84. The molecule has 1 saturated carbocycles. The Labute approximate surface area is 111 Å². The van der Waals surface area contributed by atoms with Gasteiger partial charge in [0.1, 0.15) is 0 Å². The Morgan fingerprint density at radius 1 is 1.22 bits per heavy atom. The van der Waals surface area contributed by atoms with Crippen LogP contribution in [0.1, 0.15) is 46.1 Å². The van der Waals surface area contributed by atoms with E-state index in [2.05, 4.69) is 57.3 Å². The third-order valence-electron chi connectivity index (χ3n) is 3.59. The Bertz CT molecular complexity index is 388. The van der Waals surface area contributed by atoms with Crippen LogP contribution in [0.25, 0.3) is 0 Å². The Morgan fingerprint density at radius 2 is 1.89 bits per heavy atom. The molecule has 1 N–H and O–H groups in total. The fraction of sp³-hybridized carbons (Fsp3) is 0.625. The largest absolute Gasteiger partial charge is 0.382 e. The van der Waals surface area contributed by atoms with E-state index in [9.17, 15) is 0 Å². The summed E-state index contributed by atoms with van der Waals surface area (Å²) >= 11 is 0. The monoisotopic (exact) mass is 247 g/mol. The number of para-hydroxylation sites is 1. The van der Waals surface area contributed by atoms with Crippen molar-refractivity contribution in [2.24, 2.45) is 0 Å². The van der Waals surface area contributed by atoms with E-state index in [-0.39, 0.29) is 5.41 Å². The predicted octanol–water partition coefficient (Wildman–Crippen LogP) is 3.96. The van der Waals surface area contributed by atoms with Gasteiger partial charge in [0.2, 0.25) is 0 Å². The first-order chi connectivity index (χ1) is 8.50. The maximum absolute atomic E-state index is 5.60. The minimum Gasteiger partial charge on any atom is -0.382 e. The van der Waals surface area contributed by atoms with Gasteiger partial charge in [0, 0.05) is 18.3 Å². The summed E-state index contributed by atoms with van der Waals surface area (Å²) in [4.78, 5) is 0. The molecule has 1 aliphatic rings. The minimum atomic E-state index is 0.187. The van der Waals surface area contributed by atoms with Gasteiger partial charge in [0.05, 0.1) is 6.10 Å². The van der Waals surface area contributed by atoms with E-state index in [0.29, 0.717) is 12.1 Å². The van der Waals surface area contributed by atoms with Gasteiger partial charge in [0.15, 0.2) is 0 Å². The summed E-state index contributed by atoms with van der Waals surface area (Å²) in [5.41, 5.74) is 2.86. The van der Waals surface area contributed by atoms with Crippen LogP contribution in [0.3, 0.4) is 0 Å². The summed E-state index contributed by atoms with van der Waals surface area (Å²) in [7, 11) is 0. The van der Waals surface area contributed by atoms with Crippen LogP contribution in [-0.4, -0.2) is 18.8 Å². The second-order valence-corrected chi connectivity index (χ2v) is 6.19. The van der Waals surface area contributed by atoms with Crippen LogP contribution in [0.15, 0.2) is 24.3 Å². The maximum Gasteiger partial charge on any atom is 0.0614 e. The van der Waals surface area contributed by atoms with Gasteiger partial charge in [-0.1, -0.05) is 39.0 Å². The molecule has 1 aromatic rings. The molecule has 18 heavy (non-hydrogen) atoms. The van der Waals surface area contributed by atoms with Crippen LogP contribution in [0.2, 0.25) is 0 Å². The molecule has 1 aromatic carbocycles. The summed E-state index contributed by atoms with van der Waals surface area (Å²) in [6.45, 7) is 9.68. The third kappa shape index (κ3) is 3.05. The maximum atomic E-state index is 5.60. The van der Waals surface area contributed by atoms with E-state index in [0.717, 1.165) is 19.4 Å². The van der Waals surface area contributed by atoms with Crippen molar-refractivity contribution in [3.05, 3.63) is 29.8 Å². The van der Waals surface area contributed by atoms with E-state index < -0.39 is 0 Å². The summed E-state index contributed by atoms with van der Waals surface area (Å²) < 4.78 is 5.60. The summed E-state index contributed by atoms with van der Waals surface area (Å²) in [5, 5.41) is 3.66. The fourth-order valence-corrected chi connectivity index (χ4v) is 2.54. The molecule has 0 aromatic heterocycles. The zero-order chi connectivity index (χ0) is 13.2. The summed E-state index contributed by atoms with van der Waals surface area (Å²) in [6, 6.07) is 9.21.